The number of hydrogen-bond acceptors (Lipinski definition) is 4. The normalized spacial score (nSPS) is 12.0. The predicted octanol–water partition coefficient (Wildman–Crippen LogP) is 5.52. The molecule has 0 N–H and O–H groups in total. The second-order valence-electron chi connectivity index (χ2n) is 5.47. The first-order valence-electron chi connectivity index (χ1n) is 9.24. The van der Waals surface area contributed by atoms with Crippen molar-refractivity contribution in [3.63, 3.8) is 0 Å². The van der Waals surface area contributed by atoms with E-state index in [0.29, 0.717) is 19.8 Å². The molecular formula is C17H38O3SSi. The maximum absolute atomic E-state index is 5.88. The van der Waals surface area contributed by atoms with Gasteiger partial charge in [0, 0.05) is 25.9 Å². The Hall–Kier alpha value is 0.447. The van der Waals surface area contributed by atoms with E-state index in [9.17, 15) is 0 Å². The van der Waals surface area contributed by atoms with Gasteiger partial charge in [-0.25, -0.2) is 0 Å². The van der Waals surface area contributed by atoms with Crippen LogP contribution in [0.5, 0.6) is 0 Å². The Balaban J connectivity index is 3.70. The molecule has 0 aliphatic heterocycles. The average molecular weight is 351 g/mol. The van der Waals surface area contributed by atoms with Gasteiger partial charge in [0.2, 0.25) is 0 Å². The molecule has 0 spiro atoms. The minimum absolute atomic E-state index is 0.678. The third kappa shape index (κ3) is 11.9. The van der Waals surface area contributed by atoms with Crippen LogP contribution in [0.15, 0.2) is 0 Å². The van der Waals surface area contributed by atoms with Crippen LogP contribution in [0, 0.1) is 0 Å². The number of unbranched alkanes of at least 4 members (excludes halogenated alkanes) is 5. The summed E-state index contributed by atoms with van der Waals surface area (Å²) in [6, 6.07) is 0.950. The van der Waals surface area contributed by atoms with Crippen molar-refractivity contribution in [2.75, 3.05) is 31.3 Å². The second-order valence-corrected chi connectivity index (χ2v) is 9.42. The Bertz CT molecular complexity index is 213. The molecule has 5 heteroatoms. The summed E-state index contributed by atoms with van der Waals surface area (Å²) in [5.41, 5.74) is 0. The summed E-state index contributed by atoms with van der Waals surface area (Å²) in [5.74, 6) is 2.48. The smallest absolute Gasteiger partial charge is 0.374 e. The highest BCUT2D eigenvalue weighted by Gasteiger charge is 2.39. The Morgan fingerprint density at radius 2 is 1.14 bits per heavy atom. The van der Waals surface area contributed by atoms with Gasteiger partial charge in [-0.1, -0.05) is 39.0 Å². The molecule has 0 aromatic carbocycles. The summed E-state index contributed by atoms with van der Waals surface area (Å²) >= 11 is 2.07. The third-order valence-corrected chi connectivity index (χ3v) is 7.81. The third-order valence-electron chi connectivity index (χ3n) is 3.51. The average Bonchev–Trinajstić information content (AvgIpc) is 2.50. The molecule has 0 bridgehead atoms. The van der Waals surface area contributed by atoms with E-state index in [2.05, 4.69) is 18.7 Å². The van der Waals surface area contributed by atoms with Crippen LogP contribution in [0.3, 0.4) is 0 Å². The number of rotatable bonds is 17. The lowest BCUT2D eigenvalue weighted by molar-refractivity contribution is 0.0712. The lowest BCUT2D eigenvalue weighted by atomic mass is 10.1. The lowest BCUT2D eigenvalue weighted by Crippen LogP contribution is -2.46. The maximum Gasteiger partial charge on any atom is 0.500 e. The zero-order valence-corrected chi connectivity index (χ0v) is 17.1. The van der Waals surface area contributed by atoms with Gasteiger partial charge in [0.1, 0.15) is 0 Å². The van der Waals surface area contributed by atoms with Crippen molar-refractivity contribution < 1.29 is 13.3 Å². The first-order valence-corrected chi connectivity index (χ1v) is 12.3. The predicted molar refractivity (Wildman–Crippen MR) is 101 cm³/mol. The van der Waals surface area contributed by atoms with Gasteiger partial charge in [-0.2, -0.15) is 11.8 Å². The van der Waals surface area contributed by atoms with Crippen LogP contribution in [-0.2, 0) is 13.3 Å². The van der Waals surface area contributed by atoms with Gasteiger partial charge in [0.05, 0.1) is 0 Å². The SMILES string of the molecule is CCCCCCCCSCCC[Si](OCC)(OCC)OCC. The van der Waals surface area contributed by atoms with Crippen LogP contribution in [0.4, 0.5) is 0 Å². The van der Waals surface area contributed by atoms with Gasteiger partial charge in [-0.15, -0.1) is 0 Å². The van der Waals surface area contributed by atoms with Crippen molar-refractivity contribution in [2.45, 2.75) is 78.7 Å². The fourth-order valence-corrected chi connectivity index (χ4v) is 6.31. The van der Waals surface area contributed by atoms with Crippen molar-refractivity contribution in [1.82, 2.24) is 0 Å². The largest absolute Gasteiger partial charge is 0.500 e. The zero-order chi connectivity index (χ0) is 16.5. The Labute approximate surface area is 144 Å². The van der Waals surface area contributed by atoms with E-state index in [-0.39, 0.29) is 0 Å². The second kappa shape index (κ2) is 16.3. The van der Waals surface area contributed by atoms with Gasteiger partial charge < -0.3 is 13.3 Å². The van der Waals surface area contributed by atoms with E-state index >= 15 is 0 Å². The van der Waals surface area contributed by atoms with Crippen LogP contribution in [0.2, 0.25) is 6.04 Å². The van der Waals surface area contributed by atoms with Crippen molar-refractivity contribution in [3.05, 3.63) is 0 Å². The van der Waals surface area contributed by atoms with Crippen LogP contribution in [0.25, 0.3) is 0 Å². The molecule has 22 heavy (non-hydrogen) atoms. The maximum atomic E-state index is 5.88. The highest BCUT2D eigenvalue weighted by Crippen LogP contribution is 2.20. The first kappa shape index (κ1) is 22.4. The molecule has 0 unspecified atom stereocenters. The summed E-state index contributed by atoms with van der Waals surface area (Å²) < 4.78 is 17.6. The molecular weight excluding hydrogens is 312 g/mol. The first-order chi connectivity index (χ1) is 10.7. The lowest BCUT2D eigenvalue weighted by Gasteiger charge is -2.28. The van der Waals surface area contributed by atoms with Crippen LogP contribution < -0.4 is 0 Å². The number of hydrogen-bond donors (Lipinski definition) is 0. The molecule has 0 aliphatic rings. The molecule has 0 saturated heterocycles. The van der Waals surface area contributed by atoms with Crippen molar-refractivity contribution in [2.24, 2.45) is 0 Å². The standard InChI is InChI=1S/C17H38O3SSi/c1-5-9-10-11-12-13-15-21-16-14-17-22(18-6-2,19-7-3)20-8-4/h5-17H2,1-4H3. The molecule has 3 nitrogen and oxygen atoms in total. The highest BCUT2D eigenvalue weighted by atomic mass is 32.2. The summed E-state index contributed by atoms with van der Waals surface area (Å²) in [4.78, 5) is 0. The Morgan fingerprint density at radius 3 is 1.68 bits per heavy atom. The number of thioether (sulfide) groups is 1. The van der Waals surface area contributed by atoms with E-state index in [1.54, 1.807) is 0 Å². The molecule has 0 radical (unpaired) electrons. The minimum atomic E-state index is -2.40. The molecule has 0 fully saturated rings. The minimum Gasteiger partial charge on any atom is -0.374 e. The molecule has 0 aromatic heterocycles. The summed E-state index contributed by atoms with van der Waals surface area (Å²) in [6.07, 6.45) is 9.43. The van der Waals surface area contributed by atoms with E-state index in [0.717, 1.165) is 12.5 Å². The monoisotopic (exact) mass is 350 g/mol. The molecule has 0 amide bonds. The van der Waals surface area contributed by atoms with Crippen molar-refractivity contribution in [3.8, 4) is 0 Å². The van der Waals surface area contributed by atoms with Gasteiger partial charge in [0.25, 0.3) is 0 Å². The molecule has 0 atom stereocenters. The fourth-order valence-electron chi connectivity index (χ4n) is 2.48. The quantitative estimate of drug-likeness (QED) is 0.255. The Kier molecular flexibility index (Phi) is 16.6. The van der Waals surface area contributed by atoms with Crippen molar-refractivity contribution in [1.29, 1.82) is 0 Å². The van der Waals surface area contributed by atoms with Gasteiger partial charge >= 0.3 is 8.80 Å². The molecule has 0 saturated carbocycles. The topological polar surface area (TPSA) is 27.7 Å². The Morgan fingerprint density at radius 1 is 0.636 bits per heavy atom. The summed E-state index contributed by atoms with van der Waals surface area (Å²) in [6.45, 7) is 10.4. The van der Waals surface area contributed by atoms with Gasteiger partial charge in [0.15, 0.2) is 0 Å². The van der Waals surface area contributed by atoms with E-state index in [1.807, 2.05) is 20.8 Å². The summed E-state index contributed by atoms with van der Waals surface area (Å²) in [7, 11) is -2.40. The van der Waals surface area contributed by atoms with Crippen LogP contribution in [-0.4, -0.2) is 40.1 Å². The molecule has 0 rings (SSSR count). The van der Waals surface area contributed by atoms with Crippen LogP contribution >= 0.6 is 11.8 Å². The molecule has 134 valence electrons. The van der Waals surface area contributed by atoms with Crippen molar-refractivity contribution >= 4 is 20.6 Å². The molecule has 0 heterocycles. The van der Waals surface area contributed by atoms with E-state index in [4.69, 9.17) is 13.3 Å². The fraction of sp³-hybridized carbons (Fsp3) is 1.00. The molecule has 0 aliphatic carbocycles. The van der Waals surface area contributed by atoms with E-state index < -0.39 is 8.80 Å². The van der Waals surface area contributed by atoms with E-state index in [1.165, 1.54) is 50.0 Å². The van der Waals surface area contributed by atoms with Gasteiger partial charge in [-0.3, -0.25) is 0 Å². The molecule has 0 aromatic rings. The summed E-state index contributed by atoms with van der Waals surface area (Å²) in [5, 5.41) is 0. The van der Waals surface area contributed by atoms with Gasteiger partial charge in [-0.05, 0) is 45.1 Å². The highest BCUT2D eigenvalue weighted by molar-refractivity contribution is 7.99. The van der Waals surface area contributed by atoms with Crippen LogP contribution in [0.1, 0.15) is 72.6 Å². The zero-order valence-electron chi connectivity index (χ0n) is 15.3.